The predicted molar refractivity (Wildman–Crippen MR) is 102 cm³/mol. The maximum absolute atomic E-state index is 9.82. The van der Waals surface area contributed by atoms with Gasteiger partial charge in [-0.2, -0.15) is 0 Å². The zero-order valence-electron chi connectivity index (χ0n) is 14.2. The van der Waals surface area contributed by atoms with Crippen LogP contribution in [-0.2, 0) is 0 Å². The predicted octanol–water partition coefficient (Wildman–Crippen LogP) is 4.47. The van der Waals surface area contributed by atoms with E-state index in [2.05, 4.69) is 4.99 Å². The van der Waals surface area contributed by atoms with Crippen molar-refractivity contribution in [3.05, 3.63) is 78.0 Å². The Kier molecular flexibility index (Phi) is 3.89. The van der Waals surface area contributed by atoms with Gasteiger partial charge in [0.15, 0.2) is 5.82 Å². The molecule has 0 saturated carbocycles. The molecule has 4 aromatic rings. The molecule has 4 rings (SSSR count). The van der Waals surface area contributed by atoms with Crippen LogP contribution in [0.25, 0.3) is 16.9 Å². The summed E-state index contributed by atoms with van der Waals surface area (Å²) in [6.07, 6.45) is 3.62. The van der Waals surface area contributed by atoms with Gasteiger partial charge in [0.2, 0.25) is 0 Å². The van der Waals surface area contributed by atoms with Gasteiger partial charge in [-0.15, -0.1) is 0 Å². The average Bonchev–Trinajstić information content (AvgIpc) is 2.97. The number of hydrogen-bond donors (Lipinski definition) is 2. The Bertz CT molecular complexity index is 1130. The number of phenols is 2. The van der Waals surface area contributed by atoms with Crippen LogP contribution in [0.2, 0.25) is 0 Å². The van der Waals surface area contributed by atoms with Crippen molar-refractivity contribution in [2.45, 2.75) is 6.92 Å². The first-order valence-electron chi connectivity index (χ1n) is 8.21. The summed E-state index contributed by atoms with van der Waals surface area (Å²) >= 11 is 0. The molecule has 0 bridgehead atoms. The normalized spacial score (nSPS) is 11.4. The molecule has 0 atom stereocenters. The molecule has 0 unspecified atom stereocenters. The highest BCUT2D eigenvalue weighted by Gasteiger charge is 2.14. The van der Waals surface area contributed by atoms with Crippen molar-refractivity contribution in [1.29, 1.82) is 0 Å². The van der Waals surface area contributed by atoms with Crippen molar-refractivity contribution in [2.24, 2.45) is 4.99 Å². The SMILES string of the molecule is Cc1ccn2c(N=Cc3cccc(O)c3)c(-c3cccc(O)c3)nc2c1. The van der Waals surface area contributed by atoms with Crippen LogP contribution in [0.1, 0.15) is 11.1 Å². The van der Waals surface area contributed by atoms with E-state index in [1.807, 2.05) is 41.8 Å². The molecule has 5 nitrogen and oxygen atoms in total. The molecular formula is C21H17N3O2. The van der Waals surface area contributed by atoms with E-state index < -0.39 is 0 Å². The monoisotopic (exact) mass is 343 g/mol. The van der Waals surface area contributed by atoms with Crippen molar-refractivity contribution in [1.82, 2.24) is 9.38 Å². The van der Waals surface area contributed by atoms with Crippen LogP contribution >= 0.6 is 0 Å². The lowest BCUT2D eigenvalue weighted by Gasteiger charge is -2.02. The zero-order chi connectivity index (χ0) is 18.1. The molecule has 26 heavy (non-hydrogen) atoms. The van der Waals surface area contributed by atoms with Gasteiger partial charge in [0.1, 0.15) is 22.8 Å². The number of benzene rings is 2. The summed E-state index contributed by atoms with van der Waals surface area (Å²) < 4.78 is 1.91. The Balaban J connectivity index is 1.89. The van der Waals surface area contributed by atoms with Gasteiger partial charge in [0.05, 0.1) is 0 Å². The van der Waals surface area contributed by atoms with E-state index in [0.29, 0.717) is 11.5 Å². The third-order valence-electron chi connectivity index (χ3n) is 4.08. The molecule has 2 heterocycles. The number of aryl methyl sites for hydroxylation is 1. The van der Waals surface area contributed by atoms with Gasteiger partial charge in [-0.3, -0.25) is 4.40 Å². The van der Waals surface area contributed by atoms with Crippen molar-refractivity contribution in [3.8, 4) is 22.8 Å². The first-order chi connectivity index (χ1) is 12.6. The summed E-state index contributed by atoms with van der Waals surface area (Å²) in [6.45, 7) is 2.01. The Morgan fingerprint density at radius 1 is 0.962 bits per heavy atom. The molecule has 0 aliphatic carbocycles. The van der Waals surface area contributed by atoms with Gasteiger partial charge < -0.3 is 10.2 Å². The van der Waals surface area contributed by atoms with Crippen LogP contribution in [0.15, 0.2) is 71.9 Å². The van der Waals surface area contributed by atoms with Crippen LogP contribution in [0.3, 0.4) is 0 Å². The number of pyridine rings is 1. The first kappa shape index (κ1) is 15.9. The van der Waals surface area contributed by atoms with Crippen LogP contribution in [0, 0.1) is 6.92 Å². The highest BCUT2D eigenvalue weighted by Crippen LogP contribution is 2.32. The summed E-state index contributed by atoms with van der Waals surface area (Å²) in [5, 5.41) is 19.5. The number of imidazole rings is 1. The van der Waals surface area contributed by atoms with E-state index in [4.69, 9.17) is 4.98 Å². The number of hydrogen-bond acceptors (Lipinski definition) is 4. The zero-order valence-corrected chi connectivity index (χ0v) is 14.2. The fraction of sp³-hybridized carbons (Fsp3) is 0.0476. The quantitative estimate of drug-likeness (QED) is 0.539. The average molecular weight is 343 g/mol. The summed E-state index contributed by atoms with van der Waals surface area (Å²) in [5.74, 6) is 1.03. The number of phenolic OH excluding ortho intramolecular Hbond substituents is 2. The molecule has 5 heteroatoms. The molecule has 0 spiro atoms. The minimum absolute atomic E-state index is 0.179. The topological polar surface area (TPSA) is 70.1 Å². The van der Waals surface area contributed by atoms with E-state index in [-0.39, 0.29) is 11.5 Å². The number of aromatic hydroxyl groups is 2. The van der Waals surface area contributed by atoms with Crippen LogP contribution in [0.4, 0.5) is 5.82 Å². The second-order valence-electron chi connectivity index (χ2n) is 6.12. The Morgan fingerprint density at radius 3 is 2.50 bits per heavy atom. The van der Waals surface area contributed by atoms with E-state index >= 15 is 0 Å². The third kappa shape index (κ3) is 3.02. The molecule has 0 amide bonds. The Hall–Kier alpha value is -3.60. The lowest BCUT2D eigenvalue weighted by molar-refractivity contribution is 0.475. The molecule has 0 aliphatic rings. The van der Waals surface area contributed by atoms with Crippen LogP contribution in [0.5, 0.6) is 11.5 Å². The minimum Gasteiger partial charge on any atom is -0.508 e. The van der Waals surface area contributed by atoms with E-state index in [1.165, 1.54) is 0 Å². The van der Waals surface area contributed by atoms with Crippen molar-refractivity contribution in [3.63, 3.8) is 0 Å². The fourth-order valence-corrected chi connectivity index (χ4v) is 2.84. The van der Waals surface area contributed by atoms with E-state index in [0.717, 1.165) is 22.3 Å². The molecule has 2 aromatic carbocycles. The molecule has 0 fully saturated rings. The maximum atomic E-state index is 9.82. The van der Waals surface area contributed by atoms with Gasteiger partial charge >= 0.3 is 0 Å². The second kappa shape index (κ2) is 6.37. The first-order valence-corrected chi connectivity index (χ1v) is 8.21. The highest BCUT2D eigenvalue weighted by atomic mass is 16.3. The van der Waals surface area contributed by atoms with E-state index in [1.54, 1.807) is 42.6 Å². The summed E-state index contributed by atoms with van der Waals surface area (Å²) in [6, 6.07) is 17.8. The number of fused-ring (bicyclic) bond motifs is 1. The third-order valence-corrected chi connectivity index (χ3v) is 4.08. The largest absolute Gasteiger partial charge is 0.508 e. The summed E-state index contributed by atoms with van der Waals surface area (Å²) in [7, 11) is 0. The van der Waals surface area contributed by atoms with Crippen molar-refractivity contribution < 1.29 is 10.2 Å². The Labute approximate surface area is 150 Å². The van der Waals surface area contributed by atoms with Gasteiger partial charge in [0, 0.05) is 18.0 Å². The van der Waals surface area contributed by atoms with Crippen LogP contribution < -0.4 is 0 Å². The number of aliphatic imine (C=N–C) groups is 1. The molecule has 2 aromatic heterocycles. The minimum atomic E-state index is 0.179. The number of rotatable bonds is 3. The molecule has 0 saturated heterocycles. The second-order valence-corrected chi connectivity index (χ2v) is 6.12. The lowest BCUT2D eigenvalue weighted by atomic mass is 10.1. The molecule has 0 aliphatic heterocycles. The standard InChI is InChI=1S/C21H17N3O2/c1-14-8-9-24-19(10-14)23-20(16-5-3-7-18(26)12-16)21(24)22-13-15-4-2-6-17(25)11-15/h2-13,25-26H,1H3. The van der Waals surface area contributed by atoms with Gasteiger partial charge in [-0.1, -0.05) is 24.3 Å². The Morgan fingerprint density at radius 2 is 1.73 bits per heavy atom. The van der Waals surface area contributed by atoms with Crippen molar-refractivity contribution in [2.75, 3.05) is 0 Å². The molecule has 0 radical (unpaired) electrons. The summed E-state index contributed by atoms with van der Waals surface area (Å²) in [4.78, 5) is 9.33. The fourth-order valence-electron chi connectivity index (χ4n) is 2.84. The van der Waals surface area contributed by atoms with Crippen molar-refractivity contribution >= 4 is 17.7 Å². The van der Waals surface area contributed by atoms with Gasteiger partial charge in [0.25, 0.3) is 0 Å². The molecular weight excluding hydrogens is 326 g/mol. The van der Waals surface area contributed by atoms with Gasteiger partial charge in [-0.05, 0) is 54.4 Å². The maximum Gasteiger partial charge on any atom is 0.165 e. The smallest absolute Gasteiger partial charge is 0.165 e. The number of nitrogens with zero attached hydrogens (tertiary/aromatic N) is 3. The highest BCUT2D eigenvalue weighted by molar-refractivity contribution is 5.85. The molecule has 2 N–H and O–H groups in total. The number of aromatic nitrogens is 2. The molecule has 128 valence electrons. The van der Waals surface area contributed by atoms with E-state index in [9.17, 15) is 10.2 Å². The van der Waals surface area contributed by atoms with Crippen LogP contribution in [-0.4, -0.2) is 25.8 Å². The summed E-state index contributed by atoms with van der Waals surface area (Å²) in [5.41, 5.74) is 4.14. The lowest BCUT2D eigenvalue weighted by Crippen LogP contribution is -1.86. The van der Waals surface area contributed by atoms with Gasteiger partial charge in [-0.25, -0.2) is 9.98 Å².